The zero-order valence-electron chi connectivity index (χ0n) is 12.9. The van der Waals surface area contributed by atoms with E-state index in [1.807, 2.05) is 30.3 Å². The summed E-state index contributed by atoms with van der Waals surface area (Å²) >= 11 is 5.89. The van der Waals surface area contributed by atoms with E-state index >= 15 is 0 Å². The van der Waals surface area contributed by atoms with Gasteiger partial charge in [0, 0.05) is 16.3 Å². The number of nitrogens with two attached hydrogens (primary N) is 1. The maximum atomic E-state index is 5.89. The third-order valence-corrected chi connectivity index (χ3v) is 3.81. The third-order valence-electron chi connectivity index (χ3n) is 3.56. The van der Waals surface area contributed by atoms with Crippen LogP contribution in [-0.4, -0.2) is 18.7 Å². The lowest BCUT2D eigenvalue weighted by molar-refractivity contribution is 0.174. The molecule has 130 valence electrons. The highest BCUT2D eigenvalue weighted by molar-refractivity contribution is 6.30. The Bertz CT molecular complexity index is 839. The Morgan fingerprint density at radius 2 is 1.84 bits per heavy atom. The number of halogens is 2. The van der Waals surface area contributed by atoms with Crippen LogP contribution < -0.4 is 25.8 Å². The Hall–Kier alpha value is -2.64. The maximum absolute atomic E-state index is 5.89. The highest BCUT2D eigenvalue weighted by atomic mass is 35.5. The lowest BCUT2D eigenvalue weighted by Crippen LogP contribution is -2.43. The molecule has 1 atom stereocenters. The summed E-state index contributed by atoms with van der Waals surface area (Å²) in [4.78, 5) is 8.87. The van der Waals surface area contributed by atoms with Gasteiger partial charge in [-0.1, -0.05) is 17.7 Å². The second-order valence-corrected chi connectivity index (χ2v) is 5.67. The molecule has 7 nitrogen and oxygen atoms in total. The number of rotatable bonds is 2. The van der Waals surface area contributed by atoms with Gasteiger partial charge < -0.3 is 20.5 Å². The molecule has 1 unspecified atom stereocenters. The van der Waals surface area contributed by atoms with Gasteiger partial charge in [-0.25, -0.2) is 9.98 Å². The Morgan fingerprint density at radius 3 is 2.64 bits per heavy atom. The molecule has 0 spiro atoms. The highest BCUT2D eigenvalue weighted by Crippen LogP contribution is 2.35. The minimum atomic E-state index is -0.462. The van der Waals surface area contributed by atoms with Crippen molar-refractivity contribution in [3.8, 4) is 11.5 Å². The largest absolute Gasteiger partial charge is 0.454 e. The molecule has 0 fully saturated rings. The monoisotopic (exact) mass is 379 g/mol. The average Bonchev–Trinajstić information content (AvgIpc) is 3.04. The van der Waals surface area contributed by atoms with Gasteiger partial charge >= 0.3 is 0 Å². The average molecular weight is 380 g/mol. The van der Waals surface area contributed by atoms with Crippen LogP contribution in [0.15, 0.2) is 52.4 Å². The van der Waals surface area contributed by atoms with Crippen LogP contribution in [-0.2, 0) is 0 Å². The highest BCUT2D eigenvalue weighted by Gasteiger charge is 2.20. The summed E-state index contributed by atoms with van der Waals surface area (Å²) in [6, 6.07) is 12.9. The van der Waals surface area contributed by atoms with Crippen molar-refractivity contribution in [2.75, 3.05) is 12.1 Å². The first-order valence-corrected chi connectivity index (χ1v) is 7.65. The van der Waals surface area contributed by atoms with E-state index in [1.54, 1.807) is 12.1 Å². The number of ether oxygens (including phenoxy) is 2. The topological polar surface area (TPSA) is 93.3 Å². The van der Waals surface area contributed by atoms with Crippen LogP contribution in [0.3, 0.4) is 0 Å². The number of nitrogens with zero attached hydrogens (tertiary/aromatic N) is 2. The molecular weight excluding hydrogens is 365 g/mol. The number of anilines is 1. The number of guanidine groups is 2. The molecule has 4 N–H and O–H groups in total. The normalized spacial score (nSPS) is 17.7. The van der Waals surface area contributed by atoms with E-state index in [9.17, 15) is 0 Å². The molecule has 25 heavy (non-hydrogen) atoms. The quantitative estimate of drug-likeness (QED) is 0.745. The maximum Gasteiger partial charge on any atom is 0.231 e. The van der Waals surface area contributed by atoms with Gasteiger partial charge in [-0.2, -0.15) is 0 Å². The van der Waals surface area contributed by atoms with Crippen molar-refractivity contribution in [3.63, 3.8) is 0 Å². The van der Waals surface area contributed by atoms with Gasteiger partial charge in [-0.15, -0.1) is 12.4 Å². The Balaban J connectivity index is 0.00000182. The minimum Gasteiger partial charge on any atom is -0.454 e. The predicted octanol–water partition coefficient (Wildman–Crippen LogP) is 2.88. The number of fused-ring (bicyclic) bond motifs is 1. The van der Waals surface area contributed by atoms with Crippen molar-refractivity contribution < 1.29 is 9.47 Å². The molecule has 0 bridgehead atoms. The molecule has 0 aromatic heterocycles. The summed E-state index contributed by atoms with van der Waals surface area (Å²) in [5.74, 6) is 2.19. The number of aliphatic imine (C=N–C) groups is 2. The summed E-state index contributed by atoms with van der Waals surface area (Å²) in [7, 11) is 0. The lowest BCUT2D eigenvalue weighted by Gasteiger charge is -2.20. The fraction of sp³-hybridized carbons (Fsp3) is 0.125. The Morgan fingerprint density at radius 1 is 1.08 bits per heavy atom. The van der Waals surface area contributed by atoms with Gasteiger partial charge in [0.2, 0.25) is 12.8 Å². The van der Waals surface area contributed by atoms with E-state index in [0.29, 0.717) is 22.5 Å². The zero-order chi connectivity index (χ0) is 16.5. The molecule has 0 radical (unpaired) electrons. The summed E-state index contributed by atoms with van der Waals surface area (Å²) in [6.45, 7) is 0.225. The summed E-state index contributed by atoms with van der Waals surface area (Å²) in [5, 5.41) is 6.73. The fourth-order valence-corrected chi connectivity index (χ4v) is 2.55. The van der Waals surface area contributed by atoms with Crippen molar-refractivity contribution in [1.29, 1.82) is 0 Å². The SMILES string of the molecule is Cl.NC1=NC(c2ccc3c(c2)OCO3)N=C(Nc2ccc(Cl)cc2)N1. The lowest BCUT2D eigenvalue weighted by atomic mass is 10.1. The molecule has 2 aliphatic rings. The number of hydrogen-bond donors (Lipinski definition) is 3. The molecule has 0 saturated carbocycles. The second kappa shape index (κ2) is 7.08. The van der Waals surface area contributed by atoms with Crippen LogP contribution in [0.25, 0.3) is 0 Å². The molecule has 2 aromatic rings. The Kier molecular flexibility index (Phi) is 4.87. The van der Waals surface area contributed by atoms with Gasteiger partial charge in [0.15, 0.2) is 23.6 Å². The van der Waals surface area contributed by atoms with E-state index in [2.05, 4.69) is 20.6 Å². The van der Waals surface area contributed by atoms with E-state index in [4.69, 9.17) is 26.8 Å². The van der Waals surface area contributed by atoms with Gasteiger partial charge in [-0.3, -0.25) is 5.32 Å². The van der Waals surface area contributed by atoms with Crippen molar-refractivity contribution >= 4 is 41.6 Å². The molecule has 0 amide bonds. The van der Waals surface area contributed by atoms with Crippen molar-refractivity contribution in [2.45, 2.75) is 6.17 Å². The van der Waals surface area contributed by atoms with Crippen molar-refractivity contribution in [1.82, 2.24) is 5.32 Å². The zero-order valence-corrected chi connectivity index (χ0v) is 14.5. The van der Waals surface area contributed by atoms with Crippen LogP contribution in [0.1, 0.15) is 11.7 Å². The molecule has 2 aliphatic heterocycles. The van der Waals surface area contributed by atoms with Crippen molar-refractivity contribution in [3.05, 3.63) is 53.1 Å². The summed E-state index contributed by atoms with van der Waals surface area (Å²) < 4.78 is 10.7. The summed E-state index contributed by atoms with van der Waals surface area (Å²) in [5.41, 5.74) is 7.58. The first-order chi connectivity index (χ1) is 11.7. The van der Waals surface area contributed by atoms with E-state index in [1.165, 1.54) is 0 Å². The van der Waals surface area contributed by atoms with Crippen LogP contribution in [0.2, 0.25) is 5.02 Å². The molecule has 2 heterocycles. The van der Waals surface area contributed by atoms with Crippen LogP contribution in [0.5, 0.6) is 11.5 Å². The number of nitrogens with one attached hydrogen (secondary N) is 2. The Labute approximate surface area is 155 Å². The van der Waals surface area contributed by atoms with Gasteiger partial charge in [0.1, 0.15) is 0 Å². The van der Waals surface area contributed by atoms with Crippen LogP contribution in [0.4, 0.5) is 5.69 Å². The fourth-order valence-electron chi connectivity index (χ4n) is 2.43. The van der Waals surface area contributed by atoms with Gasteiger partial charge in [0.25, 0.3) is 0 Å². The second-order valence-electron chi connectivity index (χ2n) is 5.24. The van der Waals surface area contributed by atoms with Gasteiger partial charge in [0.05, 0.1) is 0 Å². The van der Waals surface area contributed by atoms with E-state index < -0.39 is 6.17 Å². The number of benzene rings is 2. The predicted molar refractivity (Wildman–Crippen MR) is 99.8 cm³/mol. The summed E-state index contributed by atoms with van der Waals surface area (Å²) in [6.07, 6.45) is -0.462. The smallest absolute Gasteiger partial charge is 0.231 e. The molecule has 9 heteroatoms. The number of hydrogen-bond acceptors (Lipinski definition) is 7. The first-order valence-electron chi connectivity index (χ1n) is 7.27. The molecule has 2 aromatic carbocycles. The van der Waals surface area contributed by atoms with Crippen LogP contribution >= 0.6 is 24.0 Å². The minimum absolute atomic E-state index is 0. The van der Waals surface area contributed by atoms with E-state index in [0.717, 1.165) is 11.3 Å². The standard InChI is InChI=1S/C16H14ClN5O2.ClH/c17-10-2-4-11(5-3-10)19-16-21-14(20-15(18)22-16)9-1-6-12-13(7-9)24-8-23-12;/h1-7,14H,8H2,(H4,18,19,20,21,22);1H. The van der Waals surface area contributed by atoms with Gasteiger partial charge in [-0.05, 0) is 36.4 Å². The van der Waals surface area contributed by atoms with E-state index in [-0.39, 0.29) is 25.2 Å². The molecule has 0 aliphatic carbocycles. The third kappa shape index (κ3) is 3.72. The molecular formula is C16H15Cl2N5O2. The van der Waals surface area contributed by atoms with Crippen LogP contribution in [0, 0.1) is 0 Å². The first kappa shape index (κ1) is 17.2. The molecule has 4 rings (SSSR count). The molecule has 0 saturated heterocycles. The van der Waals surface area contributed by atoms with Crippen molar-refractivity contribution in [2.24, 2.45) is 15.7 Å².